The van der Waals surface area contributed by atoms with E-state index in [1.54, 1.807) is 6.20 Å². The first-order valence-corrected chi connectivity index (χ1v) is 14.2. The van der Waals surface area contributed by atoms with Crippen molar-refractivity contribution in [2.24, 2.45) is 0 Å². The van der Waals surface area contributed by atoms with Gasteiger partial charge in [0.05, 0.1) is 24.1 Å². The van der Waals surface area contributed by atoms with Crippen LogP contribution in [0.15, 0.2) is 36.7 Å². The van der Waals surface area contributed by atoms with E-state index < -0.39 is 5.60 Å². The number of hydrogen-bond acceptors (Lipinski definition) is 9. The van der Waals surface area contributed by atoms with E-state index >= 15 is 0 Å². The molecule has 1 aromatic carbocycles. The van der Waals surface area contributed by atoms with Crippen LogP contribution in [0.5, 0.6) is 11.6 Å². The number of aromatic nitrogens is 3. The first-order valence-electron chi connectivity index (χ1n) is 14.2. The van der Waals surface area contributed by atoms with Gasteiger partial charge in [0.15, 0.2) is 0 Å². The first kappa shape index (κ1) is 26.3. The second kappa shape index (κ2) is 10.6. The Bertz CT molecular complexity index is 1420. The molecule has 10 heteroatoms. The summed E-state index contributed by atoms with van der Waals surface area (Å²) >= 11 is 0. The topological polar surface area (TPSA) is 95.9 Å². The van der Waals surface area contributed by atoms with Gasteiger partial charge in [-0.25, -0.2) is 15.0 Å². The molecule has 40 heavy (non-hydrogen) atoms. The van der Waals surface area contributed by atoms with Crippen LogP contribution < -0.4 is 24.6 Å². The summed E-state index contributed by atoms with van der Waals surface area (Å²) < 4.78 is 12.3. The molecule has 210 valence electrons. The molecular weight excluding hydrogens is 506 g/mol. The first-order chi connectivity index (χ1) is 19.4. The number of carbonyl (C=O) groups is 1. The maximum Gasteiger partial charge on any atom is 0.237 e. The molecule has 0 spiro atoms. The minimum absolute atomic E-state index is 0.157. The number of fused-ring (bicyclic) bond motifs is 4. The quantitative estimate of drug-likeness (QED) is 0.438. The second-order valence-electron chi connectivity index (χ2n) is 10.9. The van der Waals surface area contributed by atoms with E-state index in [-0.39, 0.29) is 5.91 Å². The van der Waals surface area contributed by atoms with Crippen molar-refractivity contribution >= 4 is 28.9 Å². The zero-order chi connectivity index (χ0) is 27.9. The van der Waals surface area contributed by atoms with E-state index in [0.717, 1.165) is 85.3 Å². The maximum absolute atomic E-state index is 12.3. The number of benzene rings is 1. The van der Waals surface area contributed by atoms with Crippen LogP contribution in [0.2, 0.25) is 0 Å². The Morgan fingerprint density at radius 3 is 2.70 bits per heavy atom. The fraction of sp³-hybridized carbons (Fsp3) is 0.467. The average molecular weight is 544 g/mol. The molecule has 0 bridgehead atoms. The number of likely N-dealkylation sites (N-methyl/N-ethyl adjacent to an activating group) is 1. The Labute approximate surface area is 235 Å². The molecule has 0 atom stereocenters. The van der Waals surface area contributed by atoms with Gasteiger partial charge in [0.2, 0.25) is 17.7 Å². The lowest BCUT2D eigenvalue weighted by molar-refractivity contribution is -0.117. The van der Waals surface area contributed by atoms with Gasteiger partial charge in [-0.15, -0.1) is 0 Å². The van der Waals surface area contributed by atoms with Crippen molar-refractivity contribution in [1.82, 2.24) is 19.9 Å². The fourth-order valence-electron chi connectivity index (χ4n) is 5.71. The lowest BCUT2D eigenvalue weighted by Gasteiger charge is -2.34. The van der Waals surface area contributed by atoms with E-state index in [1.165, 1.54) is 0 Å². The van der Waals surface area contributed by atoms with Crippen LogP contribution in [-0.2, 0) is 10.4 Å². The highest BCUT2D eigenvalue weighted by atomic mass is 16.5. The Hall–Kier alpha value is -3.92. The van der Waals surface area contributed by atoms with Crippen molar-refractivity contribution in [1.29, 1.82) is 0 Å². The summed E-state index contributed by atoms with van der Waals surface area (Å²) in [6.45, 7) is 14.6. The Balaban J connectivity index is 1.25. The maximum atomic E-state index is 12.3. The molecule has 0 radical (unpaired) electrons. The highest BCUT2D eigenvalue weighted by Gasteiger charge is 2.36. The van der Waals surface area contributed by atoms with Crippen molar-refractivity contribution in [3.63, 3.8) is 0 Å². The van der Waals surface area contributed by atoms with Crippen molar-refractivity contribution in [3.05, 3.63) is 42.4 Å². The molecule has 0 aliphatic carbocycles. The van der Waals surface area contributed by atoms with Crippen LogP contribution >= 0.6 is 0 Å². The van der Waals surface area contributed by atoms with Gasteiger partial charge in [0, 0.05) is 55.1 Å². The lowest BCUT2D eigenvalue weighted by atomic mass is 9.91. The van der Waals surface area contributed by atoms with Crippen molar-refractivity contribution < 1.29 is 14.3 Å². The van der Waals surface area contributed by atoms with Gasteiger partial charge in [-0.05, 0) is 51.6 Å². The van der Waals surface area contributed by atoms with Gasteiger partial charge < -0.3 is 29.5 Å². The molecule has 1 amide bonds. The summed E-state index contributed by atoms with van der Waals surface area (Å²) in [6, 6.07) is 8.00. The highest BCUT2D eigenvalue weighted by Crippen LogP contribution is 2.46. The smallest absolute Gasteiger partial charge is 0.237 e. The molecule has 0 unspecified atom stereocenters. The number of carbonyl (C=O) groups excluding carboxylic acids is 1. The van der Waals surface area contributed by atoms with Gasteiger partial charge in [0.1, 0.15) is 23.6 Å². The normalized spacial score (nSPS) is 17.2. The third kappa shape index (κ3) is 4.92. The van der Waals surface area contributed by atoms with Crippen LogP contribution in [0.4, 0.5) is 23.0 Å². The lowest BCUT2D eigenvalue weighted by Crippen LogP contribution is -2.39. The van der Waals surface area contributed by atoms with Gasteiger partial charge in [0.25, 0.3) is 0 Å². The Kier molecular flexibility index (Phi) is 6.95. The summed E-state index contributed by atoms with van der Waals surface area (Å²) in [5.74, 6) is 2.03. The van der Waals surface area contributed by atoms with Crippen molar-refractivity contribution in [2.75, 3.05) is 61.0 Å². The van der Waals surface area contributed by atoms with E-state index in [4.69, 9.17) is 14.5 Å². The molecule has 3 aromatic rings. The van der Waals surface area contributed by atoms with Gasteiger partial charge in [-0.3, -0.25) is 4.79 Å². The van der Waals surface area contributed by atoms with Crippen LogP contribution in [0.1, 0.15) is 46.2 Å². The number of nitrogens with one attached hydrogen (secondary N) is 1. The monoisotopic (exact) mass is 543 g/mol. The molecule has 1 fully saturated rings. The summed E-state index contributed by atoms with van der Waals surface area (Å²) in [7, 11) is 0. The molecule has 6 rings (SSSR count). The van der Waals surface area contributed by atoms with Crippen LogP contribution in [0, 0.1) is 0 Å². The molecule has 10 nitrogen and oxygen atoms in total. The number of nitrogens with zero attached hydrogens (tertiary/aromatic N) is 6. The summed E-state index contributed by atoms with van der Waals surface area (Å²) in [5.41, 5.74) is 4.62. The number of anilines is 4. The third-order valence-electron chi connectivity index (χ3n) is 7.97. The molecule has 0 saturated carbocycles. The van der Waals surface area contributed by atoms with Crippen molar-refractivity contribution in [2.45, 2.75) is 46.1 Å². The van der Waals surface area contributed by atoms with E-state index in [0.29, 0.717) is 24.9 Å². The number of ether oxygens (including phenoxy) is 2. The molecule has 5 heterocycles. The Morgan fingerprint density at radius 1 is 1.07 bits per heavy atom. The largest absolute Gasteiger partial charge is 0.481 e. The molecule has 2 aromatic heterocycles. The van der Waals surface area contributed by atoms with E-state index in [2.05, 4.69) is 45.0 Å². The third-order valence-corrected chi connectivity index (χ3v) is 7.97. The molecule has 1 N–H and O–H groups in total. The highest BCUT2D eigenvalue weighted by molar-refractivity contribution is 5.96. The van der Waals surface area contributed by atoms with E-state index in [1.807, 2.05) is 43.1 Å². The van der Waals surface area contributed by atoms with Crippen LogP contribution in [0.25, 0.3) is 11.1 Å². The summed E-state index contributed by atoms with van der Waals surface area (Å²) in [4.78, 5) is 33.0. The molecular formula is C30H37N7O3. The molecule has 3 aliphatic rings. The van der Waals surface area contributed by atoms with Gasteiger partial charge in [-0.2, -0.15) is 0 Å². The number of rotatable bonds is 8. The molecule has 1 saturated heterocycles. The Morgan fingerprint density at radius 2 is 1.93 bits per heavy atom. The minimum Gasteiger partial charge on any atom is -0.481 e. The van der Waals surface area contributed by atoms with E-state index in [9.17, 15) is 4.79 Å². The standard InChI is InChI=1S/C30H37N7O3/c1-5-35(6-2)12-13-36-14-15-39-28-24(36)16-20(18-31-28)33-29-32-19-23-22-10-9-21(37-11-7-8-26(37)38)17-25(22)40-30(3,4)27(23)34-29/h9-10,16-19H,5-8,11-15H2,1-4H3,(H,32,33,34). The second-order valence-corrected chi connectivity index (χ2v) is 10.9. The summed E-state index contributed by atoms with van der Waals surface area (Å²) in [6.07, 6.45) is 5.08. The average Bonchev–Trinajstić information content (AvgIpc) is 3.39. The minimum atomic E-state index is -0.682. The number of hydrogen-bond donors (Lipinski definition) is 1. The predicted molar refractivity (Wildman–Crippen MR) is 156 cm³/mol. The SMILES string of the molecule is CCN(CC)CCN1CCOc2ncc(Nc3ncc4c(n3)C(C)(C)Oc3cc(N5CCCC5=O)ccc3-4)cc21. The summed E-state index contributed by atoms with van der Waals surface area (Å²) in [5, 5.41) is 3.35. The number of pyridine rings is 1. The van der Waals surface area contributed by atoms with Gasteiger partial charge in [-0.1, -0.05) is 13.8 Å². The van der Waals surface area contributed by atoms with Crippen LogP contribution in [0.3, 0.4) is 0 Å². The zero-order valence-corrected chi connectivity index (χ0v) is 23.7. The van der Waals surface area contributed by atoms with Crippen LogP contribution in [-0.4, -0.2) is 71.6 Å². The number of amides is 1. The zero-order valence-electron chi connectivity index (χ0n) is 23.7. The fourth-order valence-corrected chi connectivity index (χ4v) is 5.71. The van der Waals surface area contributed by atoms with Gasteiger partial charge >= 0.3 is 0 Å². The molecule has 3 aliphatic heterocycles. The van der Waals surface area contributed by atoms with Crippen molar-refractivity contribution in [3.8, 4) is 22.8 Å². The predicted octanol–water partition coefficient (Wildman–Crippen LogP) is 4.58.